The van der Waals surface area contributed by atoms with Gasteiger partial charge in [-0.05, 0) is 56.2 Å². The van der Waals surface area contributed by atoms with E-state index in [1.54, 1.807) is 0 Å². The average molecular weight is 642 g/mol. The molecule has 2 fully saturated rings. The number of rotatable bonds is 6. The fourth-order valence-electron chi connectivity index (χ4n) is 4.55. The van der Waals surface area contributed by atoms with Crippen molar-refractivity contribution >= 4 is 72.7 Å². The number of benzene rings is 2. The van der Waals surface area contributed by atoms with Gasteiger partial charge in [-0.3, -0.25) is 29.3 Å². The summed E-state index contributed by atoms with van der Waals surface area (Å²) in [7, 11) is 0. The molecule has 2 aliphatic rings. The highest BCUT2D eigenvalue weighted by Gasteiger charge is 2.55. The van der Waals surface area contributed by atoms with Gasteiger partial charge in [0.2, 0.25) is 0 Å². The third-order valence-corrected chi connectivity index (χ3v) is 9.50. The molecular formula is C24H20Br2ClN3O6. The number of hydrogen-bond donors (Lipinski definition) is 0. The number of alkyl halides is 2. The summed E-state index contributed by atoms with van der Waals surface area (Å²) in [6, 6.07) is 9.56. The predicted octanol–water partition coefficient (Wildman–Crippen LogP) is 4.80. The first-order valence-corrected chi connectivity index (χ1v) is 13.3. The van der Waals surface area contributed by atoms with Crippen molar-refractivity contribution in [1.29, 1.82) is 0 Å². The van der Waals surface area contributed by atoms with E-state index in [9.17, 15) is 29.3 Å². The number of hydrazine groups is 1. The number of amides is 3. The molecule has 188 valence electrons. The van der Waals surface area contributed by atoms with Crippen LogP contribution in [0, 0.1) is 22.0 Å². The molecule has 1 saturated heterocycles. The quantitative estimate of drug-likeness (QED) is 0.147. The lowest BCUT2D eigenvalue weighted by Gasteiger charge is -2.34. The second-order valence-electron chi connectivity index (χ2n) is 8.71. The van der Waals surface area contributed by atoms with E-state index in [1.165, 1.54) is 43.3 Å². The number of nitro groups is 1. The number of carbonyl (C=O) groups is 4. The van der Waals surface area contributed by atoms with Gasteiger partial charge in [0.05, 0.1) is 16.8 Å². The van der Waals surface area contributed by atoms with Gasteiger partial charge in [-0.2, -0.15) is 5.01 Å². The molecule has 9 nitrogen and oxygen atoms in total. The number of nitro benzene ring substituents is 1. The Kier molecular flexibility index (Phi) is 7.63. The third kappa shape index (κ3) is 4.83. The Labute approximate surface area is 228 Å². The standard InChI is InChI=1S/C24H20Br2ClN3O6/c1-12(21(31)13-2-6-15(27)7-3-13)28(22(32)14-4-8-16(9-5-14)30(35)36)29-23(33)17-10-19(25)20(26)11-18(17)24(29)34/h2-9,12,17-20H,10-11H2,1H3/t12-,17-,18+,19+,20-/m1/s1. The van der Waals surface area contributed by atoms with Gasteiger partial charge in [0.1, 0.15) is 6.04 Å². The van der Waals surface area contributed by atoms with Crippen LogP contribution in [0.15, 0.2) is 48.5 Å². The molecule has 0 unspecified atom stereocenters. The van der Waals surface area contributed by atoms with Crippen molar-refractivity contribution in [3.63, 3.8) is 0 Å². The molecule has 36 heavy (non-hydrogen) atoms. The van der Waals surface area contributed by atoms with Crippen LogP contribution in [0.4, 0.5) is 5.69 Å². The van der Waals surface area contributed by atoms with E-state index in [4.69, 9.17) is 11.6 Å². The summed E-state index contributed by atoms with van der Waals surface area (Å²) in [5.74, 6) is -3.69. The molecule has 1 heterocycles. The molecule has 3 amide bonds. The Bertz CT molecular complexity index is 1210. The summed E-state index contributed by atoms with van der Waals surface area (Å²) in [5.41, 5.74) is 0.00368. The Balaban J connectivity index is 1.74. The maximum Gasteiger partial charge on any atom is 0.273 e. The zero-order chi connectivity index (χ0) is 26.3. The van der Waals surface area contributed by atoms with Gasteiger partial charge in [-0.15, -0.1) is 0 Å². The van der Waals surface area contributed by atoms with Crippen molar-refractivity contribution in [3.05, 3.63) is 74.8 Å². The van der Waals surface area contributed by atoms with Crippen LogP contribution in [0.1, 0.15) is 40.5 Å². The molecule has 0 spiro atoms. The summed E-state index contributed by atoms with van der Waals surface area (Å²) in [6.45, 7) is 1.43. The van der Waals surface area contributed by atoms with Crippen LogP contribution in [0.5, 0.6) is 0 Å². The van der Waals surface area contributed by atoms with Crippen LogP contribution in [0.2, 0.25) is 5.02 Å². The highest BCUT2D eigenvalue weighted by Crippen LogP contribution is 2.44. The molecule has 1 aliphatic carbocycles. The van der Waals surface area contributed by atoms with Crippen LogP contribution in [-0.2, 0) is 9.59 Å². The minimum Gasteiger partial charge on any atom is -0.292 e. The molecule has 4 rings (SSSR count). The molecule has 2 aromatic carbocycles. The highest BCUT2D eigenvalue weighted by atomic mass is 79.9. The second-order valence-corrected chi connectivity index (χ2v) is 11.5. The highest BCUT2D eigenvalue weighted by molar-refractivity contribution is 9.12. The van der Waals surface area contributed by atoms with E-state index in [0.717, 1.165) is 22.2 Å². The zero-order valence-electron chi connectivity index (χ0n) is 18.8. The summed E-state index contributed by atoms with van der Waals surface area (Å²) in [5, 5.41) is 13.1. The van der Waals surface area contributed by atoms with E-state index in [0.29, 0.717) is 17.9 Å². The first-order valence-electron chi connectivity index (χ1n) is 11.0. The number of non-ortho nitro benzene ring substituents is 1. The lowest BCUT2D eigenvalue weighted by atomic mass is 9.81. The molecule has 1 aliphatic heterocycles. The Morgan fingerprint density at radius 1 is 0.972 bits per heavy atom. The van der Waals surface area contributed by atoms with Crippen molar-refractivity contribution in [2.75, 3.05) is 0 Å². The zero-order valence-corrected chi connectivity index (χ0v) is 22.8. The van der Waals surface area contributed by atoms with Crippen LogP contribution >= 0.6 is 43.5 Å². The van der Waals surface area contributed by atoms with Crippen LogP contribution in [0.3, 0.4) is 0 Å². The van der Waals surface area contributed by atoms with Gasteiger partial charge >= 0.3 is 0 Å². The third-order valence-electron chi connectivity index (χ3n) is 6.51. The fraction of sp³-hybridized carbons (Fsp3) is 0.333. The monoisotopic (exact) mass is 639 g/mol. The molecular weight excluding hydrogens is 622 g/mol. The Morgan fingerprint density at radius 2 is 1.44 bits per heavy atom. The molecule has 1 saturated carbocycles. The maximum atomic E-state index is 13.7. The predicted molar refractivity (Wildman–Crippen MR) is 138 cm³/mol. The smallest absolute Gasteiger partial charge is 0.273 e. The number of fused-ring (bicyclic) bond motifs is 1. The van der Waals surface area contributed by atoms with Crippen LogP contribution < -0.4 is 0 Å². The topological polar surface area (TPSA) is 118 Å². The molecule has 12 heteroatoms. The molecule has 2 aromatic rings. The summed E-state index contributed by atoms with van der Waals surface area (Å²) < 4.78 is 0. The molecule has 0 N–H and O–H groups in total. The lowest BCUT2D eigenvalue weighted by Crippen LogP contribution is -2.56. The second kappa shape index (κ2) is 10.4. The molecule has 0 bridgehead atoms. The van der Waals surface area contributed by atoms with E-state index >= 15 is 0 Å². The summed E-state index contributed by atoms with van der Waals surface area (Å²) in [4.78, 5) is 64.4. The minimum absolute atomic E-state index is 0.0106. The first-order chi connectivity index (χ1) is 17.0. The van der Waals surface area contributed by atoms with E-state index in [-0.39, 0.29) is 26.5 Å². The number of nitrogens with zero attached hydrogens (tertiary/aromatic N) is 3. The molecule has 0 aromatic heterocycles. The van der Waals surface area contributed by atoms with Gasteiger partial charge in [0, 0.05) is 37.9 Å². The maximum absolute atomic E-state index is 13.7. The fourth-order valence-corrected chi connectivity index (χ4v) is 5.92. The number of imide groups is 1. The Morgan fingerprint density at radius 3 is 1.92 bits per heavy atom. The number of hydrogen-bond acceptors (Lipinski definition) is 6. The van der Waals surface area contributed by atoms with Gasteiger partial charge < -0.3 is 0 Å². The summed E-state index contributed by atoms with van der Waals surface area (Å²) >= 11 is 13.0. The van der Waals surface area contributed by atoms with Crippen molar-refractivity contribution in [2.24, 2.45) is 11.8 Å². The van der Waals surface area contributed by atoms with Crippen molar-refractivity contribution < 1.29 is 24.1 Å². The first kappa shape index (κ1) is 26.4. The number of Topliss-reactive ketones (excluding diaryl/α,β-unsaturated/α-hetero) is 1. The lowest BCUT2D eigenvalue weighted by molar-refractivity contribution is -0.384. The van der Waals surface area contributed by atoms with Gasteiger partial charge in [0.15, 0.2) is 5.78 Å². The normalized spacial score (nSPS) is 24.3. The Hall–Kier alpha value is -2.63. The molecule has 5 atom stereocenters. The average Bonchev–Trinajstić information content (AvgIpc) is 3.08. The van der Waals surface area contributed by atoms with Crippen molar-refractivity contribution in [2.45, 2.75) is 35.5 Å². The summed E-state index contributed by atoms with van der Waals surface area (Å²) in [6.07, 6.45) is 0.779. The van der Waals surface area contributed by atoms with Crippen molar-refractivity contribution in [3.8, 4) is 0 Å². The van der Waals surface area contributed by atoms with Crippen LogP contribution in [0.25, 0.3) is 0 Å². The minimum atomic E-state index is -1.23. The largest absolute Gasteiger partial charge is 0.292 e. The number of halogens is 3. The van der Waals surface area contributed by atoms with Crippen molar-refractivity contribution in [1.82, 2.24) is 10.0 Å². The molecule has 0 radical (unpaired) electrons. The van der Waals surface area contributed by atoms with E-state index in [2.05, 4.69) is 31.9 Å². The van der Waals surface area contributed by atoms with E-state index in [1.807, 2.05) is 0 Å². The van der Waals surface area contributed by atoms with Gasteiger partial charge in [0.25, 0.3) is 23.4 Å². The number of carbonyl (C=O) groups excluding carboxylic acids is 4. The SMILES string of the molecule is C[C@H](C(=O)c1ccc(Cl)cc1)N(C(=O)c1ccc([N+](=O)[O-])cc1)N1C(=O)[C@H]2C[C@@H](Br)[C@@H](Br)C[C@H]2C1=O. The number of ketones is 1. The van der Waals surface area contributed by atoms with Gasteiger partial charge in [-0.25, -0.2) is 5.01 Å². The van der Waals surface area contributed by atoms with Crippen LogP contribution in [-0.4, -0.2) is 54.1 Å². The van der Waals surface area contributed by atoms with E-state index < -0.39 is 46.3 Å². The van der Waals surface area contributed by atoms with Gasteiger partial charge in [-0.1, -0.05) is 43.5 Å².